The fraction of sp³-hybridized carbons (Fsp3) is 0.652. The summed E-state index contributed by atoms with van der Waals surface area (Å²) in [6.45, 7) is 8.78. The highest BCUT2D eigenvalue weighted by atomic mass is 127. The molecule has 0 spiro atoms. The van der Waals surface area contributed by atoms with Crippen LogP contribution in [0.4, 0.5) is 5.69 Å². The SMILES string of the molecule is I.NC(=NCCN1CCN(C(=O)C2CCCC2)CC1)N1CCN(c2ccc(Cl)cc2)CC1. The molecule has 2 aliphatic heterocycles. The second-order valence-electron chi connectivity index (χ2n) is 8.84. The number of carbonyl (C=O) groups is 1. The summed E-state index contributed by atoms with van der Waals surface area (Å²) in [5.41, 5.74) is 7.47. The molecule has 1 saturated carbocycles. The molecule has 0 unspecified atom stereocenters. The largest absolute Gasteiger partial charge is 0.370 e. The van der Waals surface area contributed by atoms with E-state index in [1.165, 1.54) is 18.5 Å². The van der Waals surface area contributed by atoms with Crippen molar-refractivity contribution < 1.29 is 4.79 Å². The summed E-state index contributed by atoms with van der Waals surface area (Å²) in [6, 6.07) is 8.00. The smallest absolute Gasteiger partial charge is 0.225 e. The first-order valence-electron chi connectivity index (χ1n) is 11.7. The van der Waals surface area contributed by atoms with Gasteiger partial charge in [0.15, 0.2) is 5.96 Å². The zero-order chi connectivity index (χ0) is 21.6. The monoisotopic (exact) mass is 574 g/mol. The quantitative estimate of drug-likeness (QED) is 0.333. The Morgan fingerprint density at radius 1 is 0.938 bits per heavy atom. The zero-order valence-corrected chi connectivity index (χ0v) is 21.9. The third-order valence-corrected chi connectivity index (χ3v) is 7.13. The number of hydrogen-bond acceptors (Lipinski definition) is 4. The molecule has 9 heteroatoms. The lowest BCUT2D eigenvalue weighted by Crippen LogP contribution is -2.52. The molecule has 0 radical (unpaired) electrons. The molecule has 178 valence electrons. The zero-order valence-electron chi connectivity index (χ0n) is 18.8. The number of carbonyl (C=O) groups excluding carboxylic acids is 1. The standard InChI is InChI=1S/C23H35ClN6O.HI/c24-20-5-7-21(8-6-20)28-15-17-30(18-16-28)23(25)26-9-10-27-11-13-29(14-12-27)22(31)19-3-1-2-4-19;/h5-8,19H,1-4,9-18H2,(H2,25,26);1H. The number of aliphatic imine (C=N–C) groups is 1. The van der Waals surface area contributed by atoms with Gasteiger partial charge in [-0.1, -0.05) is 24.4 Å². The lowest BCUT2D eigenvalue weighted by atomic mass is 10.1. The molecule has 3 fully saturated rings. The van der Waals surface area contributed by atoms with Gasteiger partial charge in [0.25, 0.3) is 0 Å². The molecular weight excluding hydrogens is 539 g/mol. The topological polar surface area (TPSA) is 68.4 Å². The fourth-order valence-corrected chi connectivity index (χ4v) is 5.00. The number of halogens is 2. The number of piperazine rings is 2. The molecule has 3 aliphatic rings. The number of amides is 1. The van der Waals surface area contributed by atoms with E-state index in [-0.39, 0.29) is 29.9 Å². The molecule has 0 atom stereocenters. The predicted octanol–water partition coefficient (Wildman–Crippen LogP) is 2.73. The molecule has 1 aliphatic carbocycles. The molecule has 0 bridgehead atoms. The summed E-state index contributed by atoms with van der Waals surface area (Å²) in [5.74, 6) is 1.32. The van der Waals surface area contributed by atoms with Crippen LogP contribution in [0.5, 0.6) is 0 Å². The molecule has 2 N–H and O–H groups in total. The van der Waals surface area contributed by atoms with Crippen molar-refractivity contribution in [3.63, 3.8) is 0 Å². The number of benzene rings is 1. The van der Waals surface area contributed by atoms with Gasteiger partial charge >= 0.3 is 0 Å². The number of guanidine groups is 1. The van der Waals surface area contributed by atoms with Gasteiger partial charge in [-0.25, -0.2) is 0 Å². The predicted molar refractivity (Wildman–Crippen MR) is 142 cm³/mol. The van der Waals surface area contributed by atoms with Crippen LogP contribution in [0.3, 0.4) is 0 Å². The average molecular weight is 575 g/mol. The van der Waals surface area contributed by atoms with Crippen molar-refractivity contribution in [1.29, 1.82) is 0 Å². The van der Waals surface area contributed by atoms with Crippen molar-refractivity contribution in [3.8, 4) is 0 Å². The third kappa shape index (κ3) is 6.63. The molecule has 7 nitrogen and oxygen atoms in total. The van der Waals surface area contributed by atoms with E-state index in [0.717, 1.165) is 76.8 Å². The number of hydrogen-bond donors (Lipinski definition) is 1. The molecule has 4 rings (SSSR count). The minimum Gasteiger partial charge on any atom is -0.370 e. The maximum absolute atomic E-state index is 12.6. The Morgan fingerprint density at radius 3 is 2.16 bits per heavy atom. The van der Waals surface area contributed by atoms with Crippen molar-refractivity contribution >= 4 is 53.1 Å². The molecule has 32 heavy (non-hydrogen) atoms. The number of nitrogens with two attached hydrogens (primary N) is 1. The third-order valence-electron chi connectivity index (χ3n) is 6.87. The van der Waals surface area contributed by atoms with Crippen LogP contribution in [0.1, 0.15) is 25.7 Å². The van der Waals surface area contributed by atoms with E-state index in [2.05, 4.69) is 36.7 Å². The van der Waals surface area contributed by atoms with Gasteiger partial charge in [-0.3, -0.25) is 14.7 Å². The Labute approximate surface area is 214 Å². The maximum atomic E-state index is 12.6. The summed E-state index contributed by atoms with van der Waals surface area (Å²) < 4.78 is 0. The number of anilines is 1. The van der Waals surface area contributed by atoms with Gasteiger partial charge in [0.2, 0.25) is 5.91 Å². The highest BCUT2D eigenvalue weighted by Gasteiger charge is 2.29. The Kier molecular flexibility index (Phi) is 9.73. The van der Waals surface area contributed by atoms with Crippen LogP contribution >= 0.6 is 35.6 Å². The second-order valence-corrected chi connectivity index (χ2v) is 9.28. The Morgan fingerprint density at radius 2 is 1.53 bits per heavy atom. The van der Waals surface area contributed by atoms with Crippen molar-refractivity contribution in [2.75, 3.05) is 70.3 Å². The van der Waals surface area contributed by atoms with Crippen molar-refractivity contribution in [3.05, 3.63) is 29.3 Å². The minimum atomic E-state index is 0. The van der Waals surface area contributed by atoms with Gasteiger partial charge in [0.1, 0.15) is 0 Å². The van der Waals surface area contributed by atoms with E-state index < -0.39 is 0 Å². The van der Waals surface area contributed by atoms with Crippen LogP contribution in [-0.4, -0.2) is 92.0 Å². The van der Waals surface area contributed by atoms with Crippen LogP contribution in [-0.2, 0) is 4.79 Å². The minimum absolute atomic E-state index is 0. The van der Waals surface area contributed by atoms with E-state index in [1.54, 1.807) is 0 Å². The van der Waals surface area contributed by atoms with Gasteiger partial charge in [0, 0.05) is 75.5 Å². The van der Waals surface area contributed by atoms with Crippen LogP contribution in [0, 0.1) is 5.92 Å². The average Bonchev–Trinajstić information content (AvgIpc) is 3.35. The molecular formula is C23H36ClIN6O. The van der Waals surface area contributed by atoms with E-state index >= 15 is 0 Å². The number of rotatable bonds is 5. The lowest BCUT2D eigenvalue weighted by molar-refractivity contribution is -0.137. The van der Waals surface area contributed by atoms with Crippen LogP contribution in [0.25, 0.3) is 0 Å². The first kappa shape index (κ1) is 25.4. The fourth-order valence-electron chi connectivity index (χ4n) is 4.87. The van der Waals surface area contributed by atoms with Crippen molar-refractivity contribution in [2.24, 2.45) is 16.6 Å². The molecule has 0 aromatic heterocycles. The van der Waals surface area contributed by atoms with Crippen molar-refractivity contribution in [2.45, 2.75) is 25.7 Å². The number of nitrogens with zero attached hydrogens (tertiary/aromatic N) is 5. The summed E-state index contributed by atoms with van der Waals surface area (Å²) in [4.78, 5) is 26.2. The molecule has 1 aromatic carbocycles. The van der Waals surface area contributed by atoms with E-state index in [1.807, 2.05) is 12.1 Å². The van der Waals surface area contributed by atoms with E-state index in [0.29, 0.717) is 18.4 Å². The highest BCUT2D eigenvalue weighted by Crippen LogP contribution is 2.27. The molecule has 1 aromatic rings. The highest BCUT2D eigenvalue weighted by molar-refractivity contribution is 14.0. The maximum Gasteiger partial charge on any atom is 0.225 e. The second kappa shape index (κ2) is 12.3. The van der Waals surface area contributed by atoms with Gasteiger partial charge in [-0.15, -0.1) is 24.0 Å². The van der Waals surface area contributed by atoms with Gasteiger partial charge < -0.3 is 20.4 Å². The van der Waals surface area contributed by atoms with E-state index in [4.69, 9.17) is 17.3 Å². The normalized spacial score (nSPS) is 21.0. The lowest BCUT2D eigenvalue weighted by Gasteiger charge is -2.37. The van der Waals surface area contributed by atoms with E-state index in [9.17, 15) is 4.79 Å². The van der Waals surface area contributed by atoms with Crippen LogP contribution in [0.2, 0.25) is 5.02 Å². The Balaban J connectivity index is 0.00000289. The first-order valence-corrected chi connectivity index (χ1v) is 12.0. The van der Waals surface area contributed by atoms with Gasteiger partial charge in [-0.05, 0) is 37.1 Å². The first-order chi connectivity index (χ1) is 15.1. The summed E-state index contributed by atoms with van der Waals surface area (Å²) in [6.07, 6.45) is 4.60. The van der Waals surface area contributed by atoms with Gasteiger partial charge in [0.05, 0.1) is 6.54 Å². The Hall–Kier alpha value is -1.26. The Bertz CT molecular complexity index is 754. The molecule has 2 heterocycles. The van der Waals surface area contributed by atoms with Crippen LogP contribution < -0.4 is 10.6 Å². The molecule has 1 amide bonds. The van der Waals surface area contributed by atoms with Gasteiger partial charge in [-0.2, -0.15) is 0 Å². The van der Waals surface area contributed by atoms with Crippen LogP contribution in [0.15, 0.2) is 29.3 Å². The summed E-state index contributed by atoms with van der Waals surface area (Å²) in [5, 5.41) is 0.764. The summed E-state index contributed by atoms with van der Waals surface area (Å²) in [7, 11) is 0. The summed E-state index contributed by atoms with van der Waals surface area (Å²) >= 11 is 5.99. The molecule has 2 saturated heterocycles. The van der Waals surface area contributed by atoms with Crippen molar-refractivity contribution in [1.82, 2.24) is 14.7 Å².